The molecule has 0 amide bonds. The number of hydrogen-bond acceptors (Lipinski definition) is 4. The summed E-state index contributed by atoms with van der Waals surface area (Å²) in [6, 6.07) is 47.4. The zero-order valence-corrected chi connectivity index (χ0v) is 24.2. The van der Waals surface area contributed by atoms with Crippen LogP contribution >= 0.6 is 12.6 Å². The predicted molar refractivity (Wildman–Crippen MR) is 182 cm³/mol. The van der Waals surface area contributed by atoms with Crippen LogP contribution in [-0.2, 0) is 6.42 Å². The largest absolute Gasteiger partial charge is 0.340 e. The summed E-state index contributed by atoms with van der Waals surface area (Å²) in [5, 5.41) is 17.5. The molecule has 0 saturated heterocycles. The highest BCUT2D eigenvalue weighted by Crippen LogP contribution is 2.47. The highest BCUT2D eigenvalue weighted by atomic mass is 32.1. The van der Waals surface area contributed by atoms with Gasteiger partial charge in [-0.1, -0.05) is 84.9 Å². The van der Waals surface area contributed by atoms with Gasteiger partial charge in [-0.2, -0.15) is 17.9 Å². The SMILES string of the molecule is CS.N#Cc1ccccc1N(c1ccccc1)c1ccc2ccc3c(N4CCc5ccccc54)ccc4ccc1c2c43. The van der Waals surface area contributed by atoms with Gasteiger partial charge in [-0.15, -0.1) is 0 Å². The normalized spacial score (nSPS) is 12.3. The Morgan fingerprint density at radius 1 is 0.619 bits per heavy atom. The number of rotatable bonds is 4. The van der Waals surface area contributed by atoms with E-state index in [1.54, 1.807) is 6.26 Å². The maximum atomic E-state index is 10.0. The minimum Gasteiger partial charge on any atom is -0.340 e. The Morgan fingerprint density at radius 3 is 2.07 bits per heavy atom. The minimum absolute atomic E-state index is 0.645. The number of benzene rings is 7. The smallest absolute Gasteiger partial charge is 0.101 e. The second-order valence-corrected chi connectivity index (χ2v) is 10.4. The van der Waals surface area contributed by atoms with Crippen molar-refractivity contribution in [3.8, 4) is 6.07 Å². The maximum absolute atomic E-state index is 10.0. The fraction of sp³-hybridized carbons (Fsp3) is 0.0789. The first kappa shape index (κ1) is 26.0. The van der Waals surface area contributed by atoms with Crippen LogP contribution in [0.4, 0.5) is 28.4 Å². The lowest BCUT2D eigenvalue weighted by molar-refractivity contribution is 1.00. The number of para-hydroxylation sites is 3. The van der Waals surface area contributed by atoms with Gasteiger partial charge < -0.3 is 9.80 Å². The summed E-state index contributed by atoms with van der Waals surface area (Å²) in [4.78, 5) is 4.70. The standard InChI is InChI=1S/C37H25N3.CH4S/c38-24-28-9-5-7-13-33(28)40(29-10-2-1-3-11-29)35-21-17-27-14-18-30-34(39-23-22-25-8-4-6-12-32(25)39)20-16-26-15-19-31(35)37(27)36(26)30;1-2/h1-21H,22-23H2;2H,1H3. The number of hydrogen-bond donors (Lipinski definition) is 1. The van der Waals surface area contributed by atoms with Crippen LogP contribution in [0, 0.1) is 11.3 Å². The van der Waals surface area contributed by atoms with Gasteiger partial charge in [-0.05, 0) is 82.2 Å². The Hall–Kier alpha value is -4.98. The Bertz CT molecular complexity index is 2090. The van der Waals surface area contributed by atoms with Gasteiger partial charge in [0.1, 0.15) is 6.07 Å². The fourth-order valence-electron chi connectivity index (χ4n) is 6.54. The van der Waals surface area contributed by atoms with Crippen LogP contribution in [0.25, 0.3) is 32.3 Å². The van der Waals surface area contributed by atoms with E-state index < -0.39 is 0 Å². The monoisotopic (exact) mass is 559 g/mol. The Morgan fingerprint density at radius 2 is 1.26 bits per heavy atom. The topological polar surface area (TPSA) is 30.3 Å². The van der Waals surface area contributed by atoms with Crippen LogP contribution in [0.1, 0.15) is 11.1 Å². The molecule has 1 aliphatic heterocycles. The highest BCUT2D eigenvalue weighted by Gasteiger charge is 2.24. The molecule has 0 radical (unpaired) electrons. The average Bonchev–Trinajstić information content (AvgIpc) is 3.50. The molecule has 1 heterocycles. The van der Waals surface area contributed by atoms with E-state index in [0.717, 1.165) is 30.0 Å². The summed E-state index contributed by atoms with van der Waals surface area (Å²) >= 11 is 3.53. The molecule has 0 fully saturated rings. The van der Waals surface area contributed by atoms with Gasteiger partial charge in [0.25, 0.3) is 0 Å². The van der Waals surface area contributed by atoms with Crippen molar-refractivity contribution in [2.24, 2.45) is 0 Å². The van der Waals surface area contributed by atoms with E-state index in [0.29, 0.717) is 5.56 Å². The van der Waals surface area contributed by atoms with E-state index >= 15 is 0 Å². The molecule has 0 unspecified atom stereocenters. The van der Waals surface area contributed by atoms with Gasteiger partial charge in [0.2, 0.25) is 0 Å². The summed E-state index contributed by atoms with van der Waals surface area (Å²) in [7, 11) is 0. The Balaban J connectivity index is 0.00000141. The lowest BCUT2D eigenvalue weighted by atomic mass is 9.92. The summed E-state index contributed by atoms with van der Waals surface area (Å²) in [5.41, 5.74) is 7.58. The van der Waals surface area contributed by atoms with E-state index in [2.05, 4.69) is 113 Å². The zero-order chi connectivity index (χ0) is 28.6. The first-order chi connectivity index (χ1) is 20.8. The molecule has 0 aliphatic carbocycles. The lowest BCUT2D eigenvalue weighted by Gasteiger charge is -2.28. The van der Waals surface area contributed by atoms with Crippen molar-refractivity contribution in [2.75, 3.05) is 22.6 Å². The molecule has 8 rings (SSSR count). The number of fused-ring (bicyclic) bond motifs is 1. The lowest BCUT2D eigenvalue weighted by Crippen LogP contribution is -2.14. The van der Waals surface area contributed by atoms with Gasteiger partial charge in [-0.25, -0.2) is 0 Å². The van der Waals surface area contributed by atoms with Crippen LogP contribution in [0.15, 0.2) is 127 Å². The molecule has 42 heavy (non-hydrogen) atoms. The first-order valence-electron chi connectivity index (χ1n) is 14.2. The van der Waals surface area contributed by atoms with Crippen LogP contribution in [0.2, 0.25) is 0 Å². The van der Waals surface area contributed by atoms with Crippen molar-refractivity contribution >= 4 is 73.4 Å². The van der Waals surface area contributed by atoms with Crippen LogP contribution < -0.4 is 9.80 Å². The maximum Gasteiger partial charge on any atom is 0.101 e. The molecular weight excluding hydrogens is 531 g/mol. The summed E-state index contributed by atoms with van der Waals surface area (Å²) in [6.07, 6.45) is 2.76. The number of nitrogens with zero attached hydrogens (tertiary/aromatic N) is 3. The van der Waals surface area contributed by atoms with Gasteiger partial charge in [0.15, 0.2) is 0 Å². The molecule has 1 aliphatic rings. The van der Waals surface area contributed by atoms with E-state index in [1.165, 1.54) is 49.3 Å². The van der Waals surface area contributed by atoms with Crippen LogP contribution in [0.5, 0.6) is 0 Å². The molecule has 0 saturated carbocycles. The van der Waals surface area contributed by atoms with Crippen molar-refractivity contribution in [2.45, 2.75) is 6.42 Å². The van der Waals surface area contributed by atoms with Crippen molar-refractivity contribution < 1.29 is 0 Å². The third kappa shape index (κ3) is 4.05. The molecule has 7 aromatic carbocycles. The molecule has 0 bridgehead atoms. The van der Waals surface area contributed by atoms with Crippen molar-refractivity contribution in [3.63, 3.8) is 0 Å². The molecular formula is C38H29N3S. The molecule has 202 valence electrons. The van der Waals surface area contributed by atoms with Gasteiger partial charge >= 0.3 is 0 Å². The molecule has 0 spiro atoms. The molecule has 4 heteroatoms. The second kappa shape index (κ2) is 10.8. The third-order valence-corrected chi connectivity index (χ3v) is 8.32. The Labute approximate surface area is 251 Å². The van der Waals surface area contributed by atoms with Gasteiger partial charge in [0.05, 0.1) is 16.9 Å². The minimum atomic E-state index is 0.645. The molecule has 7 aromatic rings. The van der Waals surface area contributed by atoms with E-state index in [1.807, 2.05) is 42.5 Å². The fourth-order valence-corrected chi connectivity index (χ4v) is 6.54. The van der Waals surface area contributed by atoms with Crippen LogP contribution in [-0.4, -0.2) is 12.8 Å². The van der Waals surface area contributed by atoms with E-state index in [9.17, 15) is 5.26 Å². The zero-order valence-electron chi connectivity index (χ0n) is 23.3. The summed E-state index contributed by atoms with van der Waals surface area (Å²) < 4.78 is 0. The van der Waals surface area contributed by atoms with Crippen molar-refractivity contribution in [1.82, 2.24) is 0 Å². The van der Waals surface area contributed by atoms with Crippen LogP contribution in [0.3, 0.4) is 0 Å². The highest BCUT2D eigenvalue weighted by molar-refractivity contribution is 7.79. The molecule has 0 aromatic heterocycles. The first-order valence-corrected chi connectivity index (χ1v) is 15.1. The predicted octanol–water partition coefficient (Wildman–Crippen LogP) is 10.2. The molecule has 0 atom stereocenters. The van der Waals surface area contributed by atoms with E-state index in [-0.39, 0.29) is 0 Å². The molecule has 0 N–H and O–H groups in total. The third-order valence-electron chi connectivity index (χ3n) is 8.32. The number of nitriles is 1. The summed E-state index contributed by atoms with van der Waals surface area (Å²) in [5.74, 6) is 0. The Kier molecular flexibility index (Phi) is 6.66. The van der Waals surface area contributed by atoms with E-state index in [4.69, 9.17) is 0 Å². The number of anilines is 5. The number of thiol groups is 1. The van der Waals surface area contributed by atoms with Gasteiger partial charge in [-0.3, -0.25) is 0 Å². The van der Waals surface area contributed by atoms with Crippen molar-refractivity contribution in [1.29, 1.82) is 5.26 Å². The average molecular weight is 560 g/mol. The second-order valence-electron chi connectivity index (χ2n) is 10.4. The quantitative estimate of drug-likeness (QED) is 0.172. The van der Waals surface area contributed by atoms with Crippen molar-refractivity contribution in [3.05, 3.63) is 139 Å². The van der Waals surface area contributed by atoms with Gasteiger partial charge in [0, 0.05) is 34.4 Å². The summed E-state index contributed by atoms with van der Waals surface area (Å²) in [6.45, 7) is 0.987. The molecule has 3 nitrogen and oxygen atoms in total.